The van der Waals surface area contributed by atoms with E-state index in [1.54, 1.807) is 12.1 Å². The number of hydrogen-bond acceptors (Lipinski definition) is 7. The van der Waals surface area contributed by atoms with Crippen molar-refractivity contribution < 1.29 is 9.21 Å². The second-order valence-electron chi connectivity index (χ2n) is 7.84. The van der Waals surface area contributed by atoms with Gasteiger partial charge in [0.25, 0.3) is 11.9 Å². The number of oxazole rings is 1. The summed E-state index contributed by atoms with van der Waals surface area (Å²) in [6, 6.07) is 11.6. The van der Waals surface area contributed by atoms with Crippen LogP contribution in [0, 0.1) is 12.3 Å². The van der Waals surface area contributed by atoms with Gasteiger partial charge >= 0.3 is 0 Å². The molecular weight excluding hydrogens is 428 g/mol. The monoisotopic (exact) mass is 452 g/mol. The van der Waals surface area contributed by atoms with Crippen LogP contribution in [0.3, 0.4) is 0 Å². The normalized spacial score (nSPS) is 17.0. The van der Waals surface area contributed by atoms with Gasteiger partial charge in [0.05, 0.1) is 17.5 Å². The third kappa shape index (κ3) is 4.60. The molecule has 4 rings (SSSR count). The zero-order valence-corrected chi connectivity index (χ0v) is 18.8. The Morgan fingerprint density at radius 3 is 2.94 bits per heavy atom. The summed E-state index contributed by atoms with van der Waals surface area (Å²) in [5.41, 5.74) is 6.44. The van der Waals surface area contributed by atoms with Crippen LogP contribution in [0.15, 0.2) is 45.9 Å². The molecule has 0 aliphatic carbocycles. The first-order valence-corrected chi connectivity index (χ1v) is 10.8. The maximum Gasteiger partial charge on any atom is 0.298 e. The molecular formula is C23H25ClN6O2. The van der Waals surface area contributed by atoms with Crippen molar-refractivity contribution in [1.82, 2.24) is 9.88 Å². The highest BCUT2D eigenvalue weighted by Gasteiger charge is 2.28. The van der Waals surface area contributed by atoms with Crippen molar-refractivity contribution in [3.05, 3.63) is 52.5 Å². The van der Waals surface area contributed by atoms with Crippen molar-refractivity contribution >= 4 is 52.7 Å². The lowest BCUT2D eigenvalue weighted by Gasteiger charge is -2.27. The van der Waals surface area contributed by atoms with Gasteiger partial charge in [-0.2, -0.15) is 10.1 Å². The first-order chi connectivity index (χ1) is 15.5. The molecule has 1 amide bonds. The highest BCUT2D eigenvalue weighted by Crippen LogP contribution is 2.27. The van der Waals surface area contributed by atoms with Crippen LogP contribution in [-0.2, 0) is 0 Å². The summed E-state index contributed by atoms with van der Waals surface area (Å²) in [7, 11) is 0. The minimum Gasteiger partial charge on any atom is -0.423 e. The molecule has 8 nitrogen and oxygen atoms in total. The minimum atomic E-state index is -0.0556. The summed E-state index contributed by atoms with van der Waals surface area (Å²) in [4.78, 5) is 22.1. The zero-order chi connectivity index (χ0) is 22.7. The Morgan fingerprint density at radius 1 is 1.28 bits per heavy atom. The third-order valence-electron chi connectivity index (χ3n) is 5.57. The maximum atomic E-state index is 13.5. The molecule has 1 aliphatic rings. The molecule has 1 saturated heterocycles. The van der Waals surface area contributed by atoms with Crippen LogP contribution in [0.4, 0.5) is 11.7 Å². The summed E-state index contributed by atoms with van der Waals surface area (Å²) in [6.07, 6.45) is 3.19. The molecule has 2 aromatic carbocycles. The zero-order valence-electron chi connectivity index (χ0n) is 18.0. The van der Waals surface area contributed by atoms with Crippen molar-refractivity contribution in [3.63, 3.8) is 0 Å². The molecule has 1 aliphatic heterocycles. The second-order valence-corrected chi connectivity index (χ2v) is 8.27. The van der Waals surface area contributed by atoms with Crippen LogP contribution in [0.25, 0.3) is 11.1 Å². The quantitative estimate of drug-likeness (QED) is 0.436. The first kappa shape index (κ1) is 21.8. The Morgan fingerprint density at radius 2 is 2.12 bits per heavy atom. The molecule has 3 aromatic rings. The van der Waals surface area contributed by atoms with Crippen molar-refractivity contribution in [1.29, 1.82) is 5.41 Å². The number of halogens is 1. The molecule has 0 radical (unpaired) electrons. The van der Waals surface area contributed by atoms with E-state index in [4.69, 9.17) is 21.4 Å². The molecule has 1 fully saturated rings. The number of carbonyl (C=O) groups excluding carboxylic acids is 1. The van der Waals surface area contributed by atoms with Gasteiger partial charge in [-0.05, 0) is 50.6 Å². The molecule has 2 heterocycles. The van der Waals surface area contributed by atoms with E-state index in [0.29, 0.717) is 41.0 Å². The van der Waals surface area contributed by atoms with E-state index in [-0.39, 0.29) is 11.9 Å². The largest absolute Gasteiger partial charge is 0.423 e. The first-order valence-electron chi connectivity index (χ1n) is 10.5. The van der Waals surface area contributed by atoms with Crippen LogP contribution >= 0.6 is 11.6 Å². The van der Waals surface area contributed by atoms with Crippen LogP contribution in [-0.4, -0.2) is 53.9 Å². The third-order valence-corrected chi connectivity index (χ3v) is 5.80. The van der Waals surface area contributed by atoms with Gasteiger partial charge in [-0.3, -0.25) is 10.2 Å². The lowest BCUT2D eigenvalue weighted by molar-refractivity contribution is 0.0706. The Bertz CT molecular complexity index is 1170. The number of fused-ring (bicyclic) bond motifs is 1. The van der Waals surface area contributed by atoms with Crippen molar-refractivity contribution in [2.24, 2.45) is 5.10 Å². The molecule has 1 aromatic heterocycles. The predicted octanol–water partition coefficient (Wildman–Crippen LogP) is 4.58. The van der Waals surface area contributed by atoms with E-state index < -0.39 is 0 Å². The average Bonchev–Trinajstić information content (AvgIpc) is 3.09. The standard InChI is InChI=1S/C23H25ClN6O2/c1-15-3-5-19(28-26-9-8-25)18(13-15)22(31)30-12-11-29(10-7-16(30)2)23-27-20-14-17(24)4-6-21(20)32-23/h3-6,8-9,13-14,16,25,28H,7,10-12H2,1-2H3/b25-8?,26-9-/t16-/m1/s1. The van der Waals surface area contributed by atoms with E-state index in [1.807, 2.05) is 36.1 Å². The average molecular weight is 453 g/mol. The summed E-state index contributed by atoms with van der Waals surface area (Å²) in [6.45, 7) is 5.89. The van der Waals surface area contributed by atoms with Crippen molar-refractivity contribution in [2.75, 3.05) is 30.0 Å². The molecule has 0 saturated carbocycles. The fourth-order valence-electron chi connectivity index (χ4n) is 3.81. The van der Waals surface area contributed by atoms with E-state index in [0.717, 1.165) is 30.3 Å². The van der Waals surface area contributed by atoms with Gasteiger partial charge < -0.3 is 19.6 Å². The van der Waals surface area contributed by atoms with Gasteiger partial charge in [0.2, 0.25) is 0 Å². The van der Waals surface area contributed by atoms with Gasteiger partial charge in [0.1, 0.15) is 5.52 Å². The number of anilines is 2. The Labute approximate surface area is 191 Å². The smallest absolute Gasteiger partial charge is 0.298 e. The van der Waals surface area contributed by atoms with Gasteiger partial charge in [-0.25, -0.2) is 0 Å². The lowest BCUT2D eigenvalue weighted by Crippen LogP contribution is -2.40. The summed E-state index contributed by atoms with van der Waals surface area (Å²) in [5, 5.41) is 11.7. The number of hydrazone groups is 1. The van der Waals surface area contributed by atoms with E-state index in [9.17, 15) is 4.79 Å². The predicted molar refractivity (Wildman–Crippen MR) is 128 cm³/mol. The van der Waals surface area contributed by atoms with Crippen LogP contribution < -0.4 is 10.3 Å². The van der Waals surface area contributed by atoms with Gasteiger partial charge in [0.15, 0.2) is 5.58 Å². The van der Waals surface area contributed by atoms with E-state index >= 15 is 0 Å². The molecule has 0 spiro atoms. The van der Waals surface area contributed by atoms with Gasteiger partial charge in [-0.15, -0.1) is 0 Å². The number of aromatic nitrogens is 1. The summed E-state index contributed by atoms with van der Waals surface area (Å²) < 4.78 is 5.93. The molecule has 166 valence electrons. The second kappa shape index (κ2) is 9.40. The number of carbonyl (C=O) groups is 1. The minimum absolute atomic E-state index is 0.0461. The number of aryl methyl sites for hydroxylation is 1. The number of nitrogens with one attached hydrogen (secondary N) is 2. The Kier molecular flexibility index (Phi) is 6.41. The van der Waals surface area contributed by atoms with Gasteiger partial charge in [0, 0.05) is 36.9 Å². The fraction of sp³-hybridized carbons (Fsp3) is 0.304. The van der Waals surface area contributed by atoms with E-state index in [1.165, 1.54) is 6.21 Å². The maximum absolute atomic E-state index is 13.5. The van der Waals surface area contributed by atoms with E-state index in [2.05, 4.69) is 27.3 Å². The number of rotatable bonds is 5. The highest BCUT2D eigenvalue weighted by molar-refractivity contribution is 6.31. The number of hydrogen-bond donors (Lipinski definition) is 2. The molecule has 32 heavy (non-hydrogen) atoms. The fourth-order valence-corrected chi connectivity index (χ4v) is 3.97. The summed E-state index contributed by atoms with van der Waals surface area (Å²) in [5.74, 6) is -0.0556. The SMILES string of the molecule is Cc1ccc(N/N=C\C=N)c(C(=O)N2CCN(c3nc4cc(Cl)ccc4o3)CC[C@H]2C)c1. The number of nitrogens with zero attached hydrogens (tertiary/aromatic N) is 4. The molecule has 9 heteroatoms. The molecule has 0 bridgehead atoms. The Hall–Kier alpha value is -3.39. The van der Waals surface area contributed by atoms with Gasteiger partial charge in [-0.1, -0.05) is 23.2 Å². The summed E-state index contributed by atoms with van der Waals surface area (Å²) >= 11 is 6.07. The number of benzene rings is 2. The number of amides is 1. The van der Waals surface area contributed by atoms with Crippen LogP contribution in [0.2, 0.25) is 5.02 Å². The lowest BCUT2D eigenvalue weighted by atomic mass is 10.1. The highest BCUT2D eigenvalue weighted by atomic mass is 35.5. The van der Waals surface area contributed by atoms with Crippen molar-refractivity contribution in [2.45, 2.75) is 26.3 Å². The van der Waals surface area contributed by atoms with Crippen LogP contribution in [0.1, 0.15) is 29.3 Å². The molecule has 1 atom stereocenters. The molecule has 0 unspecified atom stereocenters. The van der Waals surface area contributed by atoms with Crippen LogP contribution in [0.5, 0.6) is 0 Å². The topological polar surface area (TPSA) is 97.8 Å². The Balaban J connectivity index is 1.55. The van der Waals surface area contributed by atoms with Crippen molar-refractivity contribution in [3.8, 4) is 0 Å². The molecule has 2 N–H and O–H groups in total.